The lowest BCUT2D eigenvalue weighted by atomic mass is 10.1. The molecule has 2 unspecified atom stereocenters. The highest BCUT2D eigenvalue weighted by atomic mass is 35.5. The molecule has 8 atom stereocenters. The van der Waals surface area contributed by atoms with E-state index in [0.717, 1.165) is 44.0 Å². The predicted molar refractivity (Wildman–Crippen MR) is 279 cm³/mol. The van der Waals surface area contributed by atoms with Crippen LogP contribution in [0, 0.1) is 0 Å². The van der Waals surface area contributed by atoms with Gasteiger partial charge in [-0.2, -0.15) is 54.5 Å². The van der Waals surface area contributed by atoms with Gasteiger partial charge in [0, 0.05) is 34.4 Å². The molecule has 12 nitrogen and oxygen atoms in total. The summed E-state index contributed by atoms with van der Waals surface area (Å²) in [4.78, 5) is 53.7. The summed E-state index contributed by atoms with van der Waals surface area (Å²) in [6.07, 6.45) is -19.6. The number of alkyl halides is 12. The highest BCUT2D eigenvalue weighted by Crippen LogP contribution is 2.52. The summed E-state index contributed by atoms with van der Waals surface area (Å²) in [5, 5.41) is 7.49. The third-order valence-corrected chi connectivity index (χ3v) is 15.6. The zero-order valence-corrected chi connectivity index (χ0v) is 42.6. The van der Waals surface area contributed by atoms with Crippen LogP contribution in [0.5, 0.6) is 0 Å². The van der Waals surface area contributed by atoms with Crippen molar-refractivity contribution < 1.29 is 52.7 Å². The molecule has 9 aromatic rings. The van der Waals surface area contributed by atoms with Gasteiger partial charge in [0.05, 0.1) is 83.5 Å². The van der Waals surface area contributed by atoms with Crippen LogP contribution in [-0.4, -0.2) is 65.3 Å². The largest absolute Gasteiger partial charge is 0.416 e. The van der Waals surface area contributed by atoms with E-state index in [-0.39, 0.29) is 88.5 Å². The molecule has 3 aliphatic carbocycles. The van der Waals surface area contributed by atoms with Crippen molar-refractivity contribution in [3.05, 3.63) is 190 Å². The molecule has 0 bridgehead atoms. The Morgan fingerprint density at radius 2 is 0.802 bits per heavy atom. The second-order valence-corrected chi connectivity index (χ2v) is 20.7. The van der Waals surface area contributed by atoms with Gasteiger partial charge in [-0.25, -0.2) is 27.6 Å². The summed E-state index contributed by atoms with van der Waals surface area (Å²) in [5.74, 6) is -3.29. The summed E-state index contributed by atoms with van der Waals surface area (Å²) in [5.41, 5.74) is -8.43. The summed E-state index contributed by atoms with van der Waals surface area (Å²) in [6.45, 7) is 0. The molecule has 0 spiro atoms. The molecule has 3 saturated carbocycles. The zero-order chi connectivity index (χ0) is 57.5. The average molecular weight is 1190 g/mol. The Hall–Kier alpha value is -7.83. The number of hydrogen-bond donors (Lipinski definition) is 3. The van der Waals surface area contributed by atoms with Crippen LogP contribution in [0.2, 0.25) is 15.1 Å². The molecule has 3 N–H and O–H groups in total. The fourth-order valence-electron chi connectivity index (χ4n) is 10.2. The van der Waals surface area contributed by atoms with E-state index in [9.17, 15) is 58.3 Å². The van der Waals surface area contributed by atoms with Gasteiger partial charge in [0.15, 0.2) is 0 Å². The summed E-state index contributed by atoms with van der Waals surface area (Å²) >= 11 is 20.2. The molecule has 6 aromatic carbocycles. The first-order valence-corrected chi connectivity index (χ1v) is 25.4. The van der Waals surface area contributed by atoms with Crippen molar-refractivity contribution in [1.82, 2.24) is 28.7 Å². The number of fused-ring (bicyclic) bond motifs is 3. The van der Waals surface area contributed by atoms with Crippen molar-refractivity contribution >= 4 is 85.0 Å². The van der Waals surface area contributed by atoms with Gasteiger partial charge in [0.25, 0.3) is 0 Å². The van der Waals surface area contributed by atoms with Crippen LogP contribution in [0.15, 0.2) is 130 Å². The summed E-state index contributed by atoms with van der Waals surface area (Å²) in [7, 11) is 0. The van der Waals surface area contributed by atoms with Gasteiger partial charge in [-0.15, -0.1) is 0 Å². The zero-order valence-electron chi connectivity index (χ0n) is 40.4. The van der Waals surface area contributed by atoms with Gasteiger partial charge >= 0.3 is 35.6 Å². The third kappa shape index (κ3) is 9.43. The number of nitrogens with zero attached hydrogens (tertiary/aromatic N) is 6. The lowest BCUT2D eigenvalue weighted by Gasteiger charge is -2.18. The van der Waals surface area contributed by atoms with E-state index in [2.05, 4.69) is 30.9 Å². The Morgan fingerprint density at radius 3 is 1.16 bits per heavy atom. The van der Waals surface area contributed by atoms with Crippen molar-refractivity contribution in [2.75, 3.05) is 16.0 Å². The fraction of sp³-hybridized carbons (Fsp3) is 0.222. The standard InChI is InChI=1S/C54H32Cl3F12N9O3/c55-29-7-1-2-8-32(29)76-35-17-21(52(61,62)63)12-15-25(35)47(74-49(76)79)71-44-38(42(44)59)28-6-4-10-34(41(28)57)78-37-19-23(54(67,68)69)13-16-26(37)48(75-51(78)81)72-45-39(43(45)60)27-5-3-9-33(40(27)56)77-36-18-22(53(64,65)66)11-14-24(36)46(73-50(77)80)70-31-20-30(31)58/h1-19,30-31,38-39,42-45H,20H2,(H,70,73,80)(H,71,74,79)(H,72,75,81)/t30-,31-,38?,39?,42+,43-,44+,45-/m1/s1. The van der Waals surface area contributed by atoms with Gasteiger partial charge in [-0.05, 0) is 90.0 Å². The molecule has 81 heavy (non-hydrogen) atoms. The number of aromatic nitrogens is 6. The number of nitrogens with one attached hydrogen (secondary N) is 3. The second-order valence-electron chi connectivity index (χ2n) is 19.5. The summed E-state index contributed by atoms with van der Waals surface area (Å²) in [6, 6.07) is 17.8. The topological polar surface area (TPSA) is 141 Å². The second kappa shape index (κ2) is 19.1. The number of halogens is 15. The minimum absolute atomic E-state index is 0.00137. The molecule has 12 rings (SSSR count). The molecule has 3 aromatic heterocycles. The van der Waals surface area contributed by atoms with Crippen molar-refractivity contribution in [1.29, 1.82) is 0 Å². The maximum atomic E-state index is 16.2. The van der Waals surface area contributed by atoms with E-state index in [1.807, 2.05) is 0 Å². The molecule has 3 heterocycles. The van der Waals surface area contributed by atoms with Crippen LogP contribution in [0.25, 0.3) is 49.8 Å². The molecule has 0 radical (unpaired) electrons. The van der Waals surface area contributed by atoms with Gasteiger partial charge < -0.3 is 16.0 Å². The van der Waals surface area contributed by atoms with E-state index in [0.29, 0.717) is 24.3 Å². The molecule has 0 amide bonds. The normalized spacial score (nSPS) is 21.6. The first kappa shape index (κ1) is 53.8. The van der Waals surface area contributed by atoms with E-state index in [1.165, 1.54) is 60.7 Å². The Labute approximate surface area is 460 Å². The SMILES string of the molecule is O=c1nc(N[C@H]2C(c3cccc(-n4c(=O)nc(N[C@@H]5C(c6cccc(-n7c(=O)nc(N[C@@H]8C[C@H]8F)c8ccc(C(F)(F)F)cc87)c6Cl)[C@H]5F)c5ccc(C(F)(F)F)cc54)c3Cl)[C@@H]2F)c2ccc(C(F)(F)F)cc2n1-c1ccccc1Cl. The van der Waals surface area contributed by atoms with Gasteiger partial charge in [0.2, 0.25) is 0 Å². The molecule has 3 aliphatic rings. The van der Waals surface area contributed by atoms with Crippen LogP contribution >= 0.6 is 34.8 Å². The van der Waals surface area contributed by atoms with Crippen LogP contribution < -0.4 is 33.0 Å². The highest BCUT2D eigenvalue weighted by Gasteiger charge is 2.55. The molecular formula is C54H32Cl3F12N9O3. The Bertz CT molecular complexity index is 4310. The van der Waals surface area contributed by atoms with Gasteiger partial charge in [-0.1, -0.05) is 71.2 Å². The number of benzene rings is 6. The van der Waals surface area contributed by atoms with Crippen molar-refractivity contribution in [2.24, 2.45) is 0 Å². The first-order chi connectivity index (χ1) is 38.3. The molecule has 3 fully saturated rings. The molecule has 0 saturated heterocycles. The van der Waals surface area contributed by atoms with E-state index in [1.54, 1.807) is 0 Å². The number of para-hydroxylation sites is 1. The van der Waals surface area contributed by atoms with Gasteiger partial charge in [0.1, 0.15) is 36.0 Å². The van der Waals surface area contributed by atoms with Crippen LogP contribution in [0.4, 0.5) is 70.1 Å². The summed E-state index contributed by atoms with van der Waals surface area (Å²) < 4.78 is 176. The van der Waals surface area contributed by atoms with Crippen molar-refractivity contribution in [2.45, 2.75) is 73.4 Å². The van der Waals surface area contributed by atoms with E-state index >= 15 is 8.78 Å². The predicted octanol–water partition coefficient (Wildman–Crippen LogP) is 13.2. The smallest absolute Gasteiger partial charge is 0.364 e. The lowest BCUT2D eigenvalue weighted by molar-refractivity contribution is -0.138. The first-order valence-electron chi connectivity index (χ1n) is 24.3. The Balaban J connectivity index is 0.879. The highest BCUT2D eigenvalue weighted by molar-refractivity contribution is 6.34. The minimum Gasteiger partial charge on any atom is -0.364 e. The third-order valence-electron chi connectivity index (χ3n) is 14.5. The molecular weight excluding hydrogens is 1160 g/mol. The molecule has 27 heteroatoms. The lowest BCUT2D eigenvalue weighted by Crippen LogP contribution is -2.25. The molecule has 416 valence electrons. The Morgan fingerprint density at radius 1 is 0.457 bits per heavy atom. The van der Waals surface area contributed by atoms with E-state index in [4.69, 9.17) is 34.8 Å². The van der Waals surface area contributed by atoms with E-state index < -0.39 is 112 Å². The average Bonchev–Trinajstić information content (AvgIpc) is 4.45. The van der Waals surface area contributed by atoms with Crippen molar-refractivity contribution in [3.8, 4) is 17.1 Å². The minimum atomic E-state index is -4.98. The Kier molecular flexibility index (Phi) is 12.7. The van der Waals surface area contributed by atoms with Gasteiger partial charge in [-0.3, -0.25) is 13.7 Å². The maximum absolute atomic E-state index is 16.2. The fourth-order valence-corrected chi connectivity index (χ4v) is 11.1. The number of rotatable bonds is 11. The quantitative estimate of drug-likeness (QED) is 0.108. The van der Waals surface area contributed by atoms with Crippen LogP contribution in [-0.2, 0) is 18.5 Å². The van der Waals surface area contributed by atoms with Crippen molar-refractivity contribution in [3.63, 3.8) is 0 Å². The molecule has 0 aliphatic heterocycles. The monoisotopic (exact) mass is 1190 g/mol. The number of hydrogen-bond acceptors (Lipinski definition) is 9. The van der Waals surface area contributed by atoms with Crippen LogP contribution in [0.3, 0.4) is 0 Å². The number of anilines is 3. The maximum Gasteiger partial charge on any atom is 0.416 e. The van der Waals surface area contributed by atoms with Crippen LogP contribution in [0.1, 0.15) is 46.1 Å².